The summed E-state index contributed by atoms with van der Waals surface area (Å²) in [6.07, 6.45) is 0. The summed E-state index contributed by atoms with van der Waals surface area (Å²) in [5.41, 5.74) is 0.0659. The Labute approximate surface area is 80.1 Å². The number of benzene rings is 1. The van der Waals surface area contributed by atoms with Gasteiger partial charge in [0.05, 0.1) is 11.1 Å². The van der Waals surface area contributed by atoms with E-state index >= 15 is 0 Å². The zero-order chi connectivity index (χ0) is 10.3. The molecule has 0 unspecified atom stereocenters. The van der Waals surface area contributed by atoms with E-state index in [4.69, 9.17) is 0 Å². The van der Waals surface area contributed by atoms with E-state index in [-0.39, 0.29) is 17.7 Å². The molecule has 4 heteroatoms. The van der Waals surface area contributed by atoms with Crippen LogP contribution in [0.1, 0.15) is 27.6 Å². The molecular weight excluding hydrogens is 185 g/mol. The van der Waals surface area contributed by atoms with E-state index in [1.165, 1.54) is 18.2 Å². The minimum absolute atomic E-state index is 0.0978. The lowest BCUT2D eigenvalue weighted by molar-refractivity contribution is 0.0661. The van der Waals surface area contributed by atoms with Crippen LogP contribution in [-0.2, 0) is 0 Å². The Balaban J connectivity index is 2.64. The standard InChI is InChI=1S/C10H8FNO2/c1-2-12-9(13)6-4-3-5-7(11)8(6)10(12)14/h3-5H,2H2,1H3. The number of fused-ring (bicyclic) bond motifs is 1. The van der Waals surface area contributed by atoms with Crippen LogP contribution in [0.3, 0.4) is 0 Å². The summed E-state index contributed by atoms with van der Waals surface area (Å²) in [6.45, 7) is 1.95. The lowest BCUT2D eigenvalue weighted by Crippen LogP contribution is -2.29. The monoisotopic (exact) mass is 193 g/mol. The van der Waals surface area contributed by atoms with Gasteiger partial charge in [-0.25, -0.2) is 4.39 Å². The lowest BCUT2D eigenvalue weighted by Gasteiger charge is -2.08. The molecule has 0 N–H and O–H groups in total. The van der Waals surface area contributed by atoms with Gasteiger partial charge in [-0.15, -0.1) is 0 Å². The van der Waals surface area contributed by atoms with Crippen molar-refractivity contribution in [3.63, 3.8) is 0 Å². The molecule has 0 aromatic heterocycles. The molecule has 0 saturated heterocycles. The molecule has 0 radical (unpaired) electrons. The van der Waals surface area contributed by atoms with Gasteiger partial charge in [0.2, 0.25) is 0 Å². The van der Waals surface area contributed by atoms with Crippen molar-refractivity contribution in [3.8, 4) is 0 Å². The number of halogens is 1. The fourth-order valence-electron chi connectivity index (χ4n) is 1.58. The van der Waals surface area contributed by atoms with Gasteiger partial charge in [-0.2, -0.15) is 0 Å². The number of hydrogen-bond donors (Lipinski definition) is 0. The average molecular weight is 193 g/mol. The van der Waals surface area contributed by atoms with Gasteiger partial charge >= 0.3 is 0 Å². The maximum Gasteiger partial charge on any atom is 0.264 e. The molecule has 3 nitrogen and oxygen atoms in total. The zero-order valence-electron chi connectivity index (χ0n) is 7.58. The Bertz CT molecular complexity index is 428. The van der Waals surface area contributed by atoms with E-state index in [1.54, 1.807) is 6.92 Å². The van der Waals surface area contributed by atoms with Crippen molar-refractivity contribution >= 4 is 11.8 Å². The minimum atomic E-state index is -0.628. The van der Waals surface area contributed by atoms with Crippen molar-refractivity contribution in [3.05, 3.63) is 35.1 Å². The molecule has 1 aliphatic rings. The van der Waals surface area contributed by atoms with Crippen molar-refractivity contribution in [2.75, 3.05) is 6.54 Å². The number of carbonyl (C=O) groups excluding carboxylic acids is 2. The molecule has 14 heavy (non-hydrogen) atoms. The molecule has 0 atom stereocenters. The maximum atomic E-state index is 13.2. The summed E-state index contributed by atoms with van der Waals surface area (Å²) in [6, 6.07) is 4.08. The number of rotatable bonds is 1. The molecular formula is C10H8FNO2. The predicted molar refractivity (Wildman–Crippen MR) is 47.4 cm³/mol. The van der Waals surface area contributed by atoms with Crippen molar-refractivity contribution in [1.82, 2.24) is 4.90 Å². The van der Waals surface area contributed by atoms with Crippen LogP contribution in [0.25, 0.3) is 0 Å². The molecule has 1 aromatic rings. The van der Waals surface area contributed by atoms with Crippen molar-refractivity contribution in [1.29, 1.82) is 0 Å². The van der Waals surface area contributed by atoms with Crippen LogP contribution in [0.15, 0.2) is 18.2 Å². The summed E-state index contributed by atoms with van der Waals surface area (Å²) in [4.78, 5) is 24.1. The SMILES string of the molecule is CCN1C(=O)c2cccc(F)c2C1=O. The molecule has 0 aliphatic carbocycles. The van der Waals surface area contributed by atoms with Gasteiger partial charge in [0, 0.05) is 6.54 Å². The zero-order valence-corrected chi connectivity index (χ0v) is 7.58. The lowest BCUT2D eigenvalue weighted by atomic mass is 10.1. The molecule has 1 aliphatic heterocycles. The largest absolute Gasteiger partial charge is 0.275 e. The van der Waals surface area contributed by atoms with Crippen LogP contribution in [-0.4, -0.2) is 23.3 Å². The Morgan fingerprint density at radius 2 is 2.00 bits per heavy atom. The quantitative estimate of drug-likeness (QED) is 0.633. The third-order valence-electron chi connectivity index (χ3n) is 2.26. The third kappa shape index (κ3) is 0.968. The number of imide groups is 1. The second kappa shape index (κ2) is 2.90. The first-order valence-electron chi connectivity index (χ1n) is 4.31. The first-order chi connectivity index (χ1) is 6.66. The van der Waals surface area contributed by atoms with E-state index < -0.39 is 17.6 Å². The molecule has 0 bridgehead atoms. The topological polar surface area (TPSA) is 37.4 Å². The Morgan fingerprint density at radius 1 is 1.29 bits per heavy atom. The van der Waals surface area contributed by atoms with Crippen molar-refractivity contribution in [2.24, 2.45) is 0 Å². The van der Waals surface area contributed by atoms with E-state index in [0.29, 0.717) is 0 Å². The number of nitrogens with zero attached hydrogens (tertiary/aromatic N) is 1. The van der Waals surface area contributed by atoms with Crippen molar-refractivity contribution < 1.29 is 14.0 Å². The highest BCUT2D eigenvalue weighted by atomic mass is 19.1. The smallest absolute Gasteiger partial charge is 0.264 e. The molecule has 0 spiro atoms. The predicted octanol–water partition coefficient (Wildman–Crippen LogP) is 1.44. The van der Waals surface area contributed by atoms with E-state index in [0.717, 1.165) is 4.90 Å². The van der Waals surface area contributed by atoms with Crippen LogP contribution >= 0.6 is 0 Å². The normalized spacial score (nSPS) is 14.9. The number of carbonyl (C=O) groups is 2. The van der Waals surface area contributed by atoms with Gasteiger partial charge in [-0.1, -0.05) is 6.07 Å². The summed E-state index contributed by atoms with van der Waals surface area (Å²) in [7, 11) is 0. The Kier molecular flexibility index (Phi) is 1.84. The van der Waals surface area contributed by atoms with Crippen LogP contribution in [0.5, 0.6) is 0 Å². The molecule has 1 aromatic carbocycles. The molecule has 0 saturated carbocycles. The van der Waals surface area contributed by atoms with Crippen LogP contribution in [0.2, 0.25) is 0 Å². The van der Waals surface area contributed by atoms with Crippen LogP contribution < -0.4 is 0 Å². The molecule has 0 fully saturated rings. The van der Waals surface area contributed by atoms with Crippen LogP contribution in [0, 0.1) is 5.82 Å². The Morgan fingerprint density at radius 3 is 2.57 bits per heavy atom. The Hall–Kier alpha value is -1.71. The average Bonchev–Trinajstić information content (AvgIpc) is 2.41. The number of amides is 2. The van der Waals surface area contributed by atoms with Gasteiger partial charge in [0.15, 0.2) is 0 Å². The highest BCUT2D eigenvalue weighted by Crippen LogP contribution is 2.24. The highest BCUT2D eigenvalue weighted by Gasteiger charge is 2.36. The summed E-state index contributed by atoms with van der Waals surface area (Å²) in [5, 5.41) is 0. The van der Waals surface area contributed by atoms with Crippen LogP contribution in [0.4, 0.5) is 4.39 Å². The van der Waals surface area contributed by atoms with E-state index in [9.17, 15) is 14.0 Å². The second-order valence-corrected chi connectivity index (χ2v) is 3.02. The maximum absolute atomic E-state index is 13.2. The van der Waals surface area contributed by atoms with Gasteiger partial charge in [-0.05, 0) is 19.1 Å². The first-order valence-corrected chi connectivity index (χ1v) is 4.31. The molecule has 72 valence electrons. The van der Waals surface area contributed by atoms with E-state index in [1.807, 2.05) is 0 Å². The minimum Gasteiger partial charge on any atom is -0.275 e. The highest BCUT2D eigenvalue weighted by molar-refractivity contribution is 6.21. The first kappa shape index (κ1) is 8.87. The summed E-state index contributed by atoms with van der Waals surface area (Å²) < 4.78 is 13.2. The van der Waals surface area contributed by atoms with E-state index in [2.05, 4.69) is 0 Å². The molecule has 1 heterocycles. The van der Waals surface area contributed by atoms with Crippen molar-refractivity contribution in [2.45, 2.75) is 6.92 Å². The summed E-state index contributed by atoms with van der Waals surface area (Å²) >= 11 is 0. The van der Waals surface area contributed by atoms with Gasteiger partial charge in [0.25, 0.3) is 11.8 Å². The second-order valence-electron chi connectivity index (χ2n) is 3.02. The fourth-order valence-corrected chi connectivity index (χ4v) is 1.58. The van der Waals surface area contributed by atoms with Gasteiger partial charge in [-0.3, -0.25) is 14.5 Å². The molecule has 2 rings (SSSR count). The van der Waals surface area contributed by atoms with Gasteiger partial charge < -0.3 is 0 Å². The fraction of sp³-hybridized carbons (Fsp3) is 0.200. The number of hydrogen-bond acceptors (Lipinski definition) is 2. The molecule has 2 amide bonds. The summed E-state index contributed by atoms with van der Waals surface area (Å²) in [5.74, 6) is -1.57. The third-order valence-corrected chi connectivity index (χ3v) is 2.26. The van der Waals surface area contributed by atoms with Gasteiger partial charge in [0.1, 0.15) is 5.82 Å².